The van der Waals surface area contributed by atoms with Crippen LogP contribution in [0.2, 0.25) is 0 Å². The highest BCUT2D eigenvalue weighted by Gasteiger charge is 1.97. The summed E-state index contributed by atoms with van der Waals surface area (Å²) in [5.74, 6) is 0.937. The van der Waals surface area contributed by atoms with E-state index in [-0.39, 0.29) is 0 Å². The average molecular weight is 269 g/mol. The Labute approximate surface area is 121 Å². The summed E-state index contributed by atoms with van der Waals surface area (Å²) in [6.45, 7) is 5.90. The minimum atomic E-state index is 0.790. The summed E-state index contributed by atoms with van der Waals surface area (Å²) in [5.41, 5.74) is 3.67. The second-order valence-corrected chi connectivity index (χ2v) is 5.07. The van der Waals surface area contributed by atoms with Gasteiger partial charge < -0.3 is 10.1 Å². The van der Waals surface area contributed by atoms with Gasteiger partial charge in [0.1, 0.15) is 5.75 Å². The first-order valence-electron chi connectivity index (χ1n) is 7.30. The van der Waals surface area contributed by atoms with E-state index in [0.717, 1.165) is 37.4 Å². The highest BCUT2D eigenvalue weighted by Crippen LogP contribution is 2.18. The molecule has 0 saturated carbocycles. The normalized spacial score (nSPS) is 10.3. The molecule has 0 atom stereocenters. The fraction of sp³-hybridized carbons (Fsp3) is 0.333. The highest BCUT2D eigenvalue weighted by molar-refractivity contribution is 5.48. The number of nitrogens with one attached hydrogen (secondary N) is 1. The van der Waals surface area contributed by atoms with Crippen molar-refractivity contribution in [2.24, 2.45) is 0 Å². The third-order valence-corrected chi connectivity index (χ3v) is 3.22. The number of benzene rings is 2. The SMILES string of the molecule is CCCCOc1cccc(NCc2ccc(C)cc2)c1. The minimum Gasteiger partial charge on any atom is -0.494 e. The smallest absolute Gasteiger partial charge is 0.121 e. The Hall–Kier alpha value is -1.96. The van der Waals surface area contributed by atoms with E-state index in [1.165, 1.54) is 11.1 Å². The van der Waals surface area contributed by atoms with Crippen LogP contribution in [0.15, 0.2) is 48.5 Å². The summed E-state index contributed by atoms with van der Waals surface area (Å²) in [4.78, 5) is 0. The zero-order chi connectivity index (χ0) is 14.2. The molecule has 2 heteroatoms. The van der Waals surface area contributed by atoms with Crippen molar-refractivity contribution in [1.29, 1.82) is 0 Å². The van der Waals surface area contributed by atoms with Crippen LogP contribution in [0.4, 0.5) is 5.69 Å². The molecule has 0 radical (unpaired) electrons. The van der Waals surface area contributed by atoms with Crippen LogP contribution in [-0.4, -0.2) is 6.61 Å². The number of anilines is 1. The molecule has 0 aromatic heterocycles. The van der Waals surface area contributed by atoms with Gasteiger partial charge in [0.25, 0.3) is 0 Å². The lowest BCUT2D eigenvalue weighted by Crippen LogP contribution is -2.00. The van der Waals surface area contributed by atoms with E-state index in [9.17, 15) is 0 Å². The predicted octanol–water partition coefficient (Wildman–Crippen LogP) is 4.79. The van der Waals surface area contributed by atoms with Crippen molar-refractivity contribution in [2.75, 3.05) is 11.9 Å². The molecule has 2 nitrogen and oxygen atoms in total. The molecule has 0 heterocycles. The van der Waals surface area contributed by atoms with Gasteiger partial charge in [0.2, 0.25) is 0 Å². The summed E-state index contributed by atoms with van der Waals surface area (Å²) in [6.07, 6.45) is 2.26. The van der Waals surface area contributed by atoms with E-state index in [1.807, 2.05) is 12.1 Å². The lowest BCUT2D eigenvalue weighted by atomic mass is 10.1. The van der Waals surface area contributed by atoms with Crippen molar-refractivity contribution in [1.82, 2.24) is 0 Å². The fourth-order valence-corrected chi connectivity index (χ4v) is 1.94. The van der Waals surface area contributed by atoms with Crippen LogP contribution >= 0.6 is 0 Å². The maximum absolute atomic E-state index is 5.71. The van der Waals surface area contributed by atoms with Gasteiger partial charge in [0.05, 0.1) is 6.61 Å². The van der Waals surface area contributed by atoms with Crippen molar-refractivity contribution in [3.8, 4) is 5.75 Å². The Kier molecular flexibility index (Phi) is 5.48. The summed E-state index contributed by atoms with van der Waals surface area (Å²) >= 11 is 0. The van der Waals surface area contributed by atoms with E-state index >= 15 is 0 Å². The molecule has 0 spiro atoms. The van der Waals surface area contributed by atoms with Crippen LogP contribution in [-0.2, 0) is 6.54 Å². The van der Waals surface area contributed by atoms with E-state index in [0.29, 0.717) is 0 Å². The number of ether oxygens (including phenoxy) is 1. The lowest BCUT2D eigenvalue weighted by Gasteiger charge is -2.10. The minimum absolute atomic E-state index is 0.790. The molecule has 0 aliphatic carbocycles. The Morgan fingerprint density at radius 3 is 2.60 bits per heavy atom. The van der Waals surface area contributed by atoms with Gasteiger partial charge in [-0.15, -0.1) is 0 Å². The topological polar surface area (TPSA) is 21.3 Å². The Bertz CT molecular complexity index is 519. The average Bonchev–Trinajstić information content (AvgIpc) is 2.47. The molecule has 0 aliphatic heterocycles. The van der Waals surface area contributed by atoms with Gasteiger partial charge in [0.15, 0.2) is 0 Å². The summed E-state index contributed by atoms with van der Waals surface area (Å²) < 4.78 is 5.71. The molecule has 0 unspecified atom stereocenters. The van der Waals surface area contributed by atoms with E-state index in [2.05, 4.69) is 55.6 Å². The molecule has 2 aromatic carbocycles. The second kappa shape index (κ2) is 7.59. The van der Waals surface area contributed by atoms with Crippen LogP contribution in [0, 0.1) is 6.92 Å². The Morgan fingerprint density at radius 2 is 1.85 bits per heavy atom. The molecular weight excluding hydrogens is 246 g/mol. The molecule has 0 fully saturated rings. The highest BCUT2D eigenvalue weighted by atomic mass is 16.5. The van der Waals surface area contributed by atoms with Gasteiger partial charge in [-0.05, 0) is 31.0 Å². The molecule has 1 N–H and O–H groups in total. The zero-order valence-corrected chi connectivity index (χ0v) is 12.4. The predicted molar refractivity (Wildman–Crippen MR) is 85.4 cm³/mol. The second-order valence-electron chi connectivity index (χ2n) is 5.07. The molecule has 106 valence electrons. The first-order chi connectivity index (χ1) is 9.78. The van der Waals surface area contributed by atoms with Crippen molar-refractivity contribution in [3.63, 3.8) is 0 Å². The van der Waals surface area contributed by atoms with Crippen LogP contribution < -0.4 is 10.1 Å². The molecule has 20 heavy (non-hydrogen) atoms. The van der Waals surface area contributed by atoms with Crippen molar-refractivity contribution < 1.29 is 4.74 Å². The Balaban J connectivity index is 1.89. The molecule has 0 saturated heterocycles. The lowest BCUT2D eigenvalue weighted by molar-refractivity contribution is 0.309. The largest absolute Gasteiger partial charge is 0.494 e. The molecule has 2 aromatic rings. The van der Waals surface area contributed by atoms with Crippen LogP contribution in [0.5, 0.6) is 5.75 Å². The van der Waals surface area contributed by atoms with Crippen LogP contribution in [0.1, 0.15) is 30.9 Å². The number of hydrogen-bond donors (Lipinski definition) is 1. The van der Waals surface area contributed by atoms with Gasteiger partial charge in [-0.2, -0.15) is 0 Å². The van der Waals surface area contributed by atoms with Gasteiger partial charge in [-0.1, -0.05) is 49.2 Å². The van der Waals surface area contributed by atoms with Crippen LogP contribution in [0.3, 0.4) is 0 Å². The van der Waals surface area contributed by atoms with E-state index in [1.54, 1.807) is 0 Å². The van der Waals surface area contributed by atoms with Gasteiger partial charge in [-0.3, -0.25) is 0 Å². The molecule has 2 rings (SSSR count). The third kappa shape index (κ3) is 4.61. The third-order valence-electron chi connectivity index (χ3n) is 3.22. The summed E-state index contributed by atoms with van der Waals surface area (Å²) in [7, 11) is 0. The van der Waals surface area contributed by atoms with Gasteiger partial charge in [-0.25, -0.2) is 0 Å². The molecule has 0 aliphatic rings. The fourth-order valence-electron chi connectivity index (χ4n) is 1.94. The number of rotatable bonds is 7. The number of aryl methyl sites for hydroxylation is 1. The van der Waals surface area contributed by atoms with Crippen molar-refractivity contribution in [3.05, 3.63) is 59.7 Å². The summed E-state index contributed by atoms with van der Waals surface area (Å²) in [5, 5.41) is 3.43. The molecular formula is C18H23NO. The van der Waals surface area contributed by atoms with Crippen molar-refractivity contribution >= 4 is 5.69 Å². The van der Waals surface area contributed by atoms with Crippen LogP contribution in [0.25, 0.3) is 0 Å². The zero-order valence-electron chi connectivity index (χ0n) is 12.4. The monoisotopic (exact) mass is 269 g/mol. The molecule has 0 amide bonds. The maximum atomic E-state index is 5.71. The van der Waals surface area contributed by atoms with Gasteiger partial charge >= 0.3 is 0 Å². The quantitative estimate of drug-likeness (QED) is 0.730. The molecule has 0 bridgehead atoms. The Morgan fingerprint density at radius 1 is 1.05 bits per heavy atom. The first-order valence-corrected chi connectivity index (χ1v) is 7.30. The van der Waals surface area contributed by atoms with E-state index in [4.69, 9.17) is 4.74 Å². The maximum Gasteiger partial charge on any atom is 0.121 e. The number of unbranched alkanes of at least 4 members (excludes halogenated alkanes) is 1. The number of hydrogen-bond acceptors (Lipinski definition) is 2. The van der Waals surface area contributed by atoms with Crippen molar-refractivity contribution in [2.45, 2.75) is 33.2 Å². The van der Waals surface area contributed by atoms with Gasteiger partial charge in [0, 0.05) is 18.3 Å². The standard InChI is InChI=1S/C18H23NO/c1-3-4-12-20-18-7-5-6-17(13-18)19-14-16-10-8-15(2)9-11-16/h5-11,13,19H,3-4,12,14H2,1-2H3. The van der Waals surface area contributed by atoms with E-state index < -0.39 is 0 Å². The first kappa shape index (κ1) is 14.4. The summed E-state index contributed by atoms with van der Waals surface area (Å²) in [6, 6.07) is 16.8.